The summed E-state index contributed by atoms with van der Waals surface area (Å²) in [4.78, 5) is 16.5. The Morgan fingerprint density at radius 1 is 1.38 bits per heavy atom. The van der Waals surface area contributed by atoms with Gasteiger partial charge in [0.05, 0.1) is 5.69 Å². The van der Waals surface area contributed by atoms with Crippen LogP contribution in [0.4, 0.5) is 4.79 Å². The number of carbonyl (C=O) groups excluding carboxylic acids is 1. The molecule has 2 aromatic rings. The van der Waals surface area contributed by atoms with Crippen molar-refractivity contribution >= 4 is 6.03 Å². The molecular formula is C18H25N5O. The molecule has 2 heterocycles. The van der Waals surface area contributed by atoms with Crippen LogP contribution in [0.15, 0.2) is 42.7 Å². The molecule has 1 aliphatic rings. The molecule has 1 aromatic heterocycles. The fourth-order valence-corrected chi connectivity index (χ4v) is 3.25. The minimum Gasteiger partial charge on any atom is -0.334 e. The molecule has 1 atom stereocenters. The second-order valence-corrected chi connectivity index (χ2v) is 6.54. The summed E-state index contributed by atoms with van der Waals surface area (Å²) in [5.41, 5.74) is 2.03. The largest absolute Gasteiger partial charge is 0.334 e. The predicted octanol–water partition coefficient (Wildman–Crippen LogP) is 1.97. The number of carbonyl (C=O) groups is 1. The Hall–Kier alpha value is -2.34. The van der Waals surface area contributed by atoms with Crippen LogP contribution in [0.5, 0.6) is 0 Å². The number of para-hydroxylation sites is 1. The van der Waals surface area contributed by atoms with Gasteiger partial charge in [-0.15, -0.1) is 0 Å². The third kappa shape index (κ3) is 3.94. The second kappa shape index (κ2) is 7.49. The lowest BCUT2D eigenvalue weighted by atomic mass is 10.1. The average Bonchev–Trinajstić information content (AvgIpc) is 3.24. The van der Waals surface area contributed by atoms with Crippen molar-refractivity contribution in [3.63, 3.8) is 0 Å². The fourth-order valence-electron chi connectivity index (χ4n) is 3.25. The zero-order chi connectivity index (χ0) is 16.9. The van der Waals surface area contributed by atoms with Crippen molar-refractivity contribution < 1.29 is 4.79 Å². The molecule has 128 valence electrons. The Kier molecular flexibility index (Phi) is 5.15. The number of aromatic nitrogens is 2. The van der Waals surface area contributed by atoms with E-state index in [-0.39, 0.29) is 6.03 Å². The molecule has 1 fully saturated rings. The van der Waals surface area contributed by atoms with Crippen molar-refractivity contribution in [2.24, 2.45) is 5.92 Å². The summed E-state index contributed by atoms with van der Waals surface area (Å²) in [7, 11) is 4.00. The van der Waals surface area contributed by atoms with Crippen LogP contribution >= 0.6 is 0 Å². The number of hydrogen-bond donors (Lipinski definition) is 1. The molecule has 1 aliphatic heterocycles. The van der Waals surface area contributed by atoms with E-state index >= 15 is 0 Å². The number of rotatable bonds is 5. The first-order chi connectivity index (χ1) is 11.6. The first-order valence-corrected chi connectivity index (χ1v) is 8.39. The number of likely N-dealkylation sites (tertiary alicyclic amines) is 1. The Morgan fingerprint density at radius 2 is 2.21 bits per heavy atom. The van der Waals surface area contributed by atoms with Gasteiger partial charge in [-0.25, -0.2) is 9.48 Å². The predicted molar refractivity (Wildman–Crippen MR) is 94.0 cm³/mol. The summed E-state index contributed by atoms with van der Waals surface area (Å²) in [5.74, 6) is 0.571. The number of nitrogens with one attached hydrogen (secondary N) is 1. The van der Waals surface area contributed by atoms with Crippen molar-refractivity contribution in [1.29, 1.82) is 0 Å². The normalized spacial score (nSPS) is 17.8. The number of hydrogen-bond acceptors (Lipinski definition) is 3. The lowest BCUT2D eigenvalue weighted by Crippen LogP contribution is -2.40. The summed E-state index contributed by atoms with van der Waals surface area (Å²) in [6.45, 7) is 3.48. The van der Waals surface area contributed by atoms with Gasteiger partial charge in [-0.1, -0.05) is 18.2 Å². The molecular weight excluding hydrogens is 302 g/mol. The summed E-state index contributed by atoms with van der Waals surface area (Å²) in [6.07, 6.45) is 4.82. The molecule has 0 spiro atoms. The van der Waals surface area contributed by atoms with Gasteiger partial charge < -0.3 is 15.1 Å². The third-order valence-electron chi connectivity index (χ3n) is 4.54. The van der Waals surface area contributed by atoms with E-state index in [2.05, 4.69) is 22.4 Å². The van der Waals surface area contributed by atoms with Crippen LogP contribution in [0.2, 0.25) is 0 Å². The summed E-state index contributed by atoms with van der Waals surface area (Å²) >= 11 is 0. The Bertz CT molecular complexity index is 670. The first-order valence-electron chi connectivity index (χ1n) is 8.39. The maximum Gasteiger partial charge on any atom is 0.317 e. The minimum atomic E-state index is -0.0279. The molecule has 0 saturated carbocycles. The van der Waals surface area contributed by atoms with Crippen molar-refractivity contribution in [3.05, 3.63) is 48.3 Å². The number of urea groups is 1. The molecule has 24 heavy (non-hydrogen) atoms. The molecule has 3 rings (SSSR count). The Morgan fingerprint density at radius 3 is 2.92 bits per heavy atom. The van der Waals surface area contributed by atoms with E-state index in [1.807, 2.05) is 48.3 Å². The Balaban J connectivity index is 1.57. The number of benzene rings is 1. The van der Waals surface area contributed by atoms with Gasteiger partial charge in [0.25, 0.3) is 0 Å². The van der Waals surface area contributed by atoms with Crippen molar-refractivity contribution in [3.8, 4) is 5.69 Å². The smallest absolute Gasteiger partial charge is 0.317 e. The van der Waals surface area contributed by atoms with Gasteiger partial charge in [0, 0.05) is 39.1 Å². The maximum absolute atomic E-state index is 12.4. The molecule has 0 bridgehead atoms. The van der Waals surface area contributed by atoms with Crippen LogP contribution in [0, 0.1) is 5.92 Å². The zero-order valence-corrected chi connectivity index (χ0v) is 14.4. The minimum absolute atomic E-state index is 0.0279. The molecule has 0 radical (unpaired) electrons. The SMILES string of the molecule is CN1CCC(CN(C)C(=O)NCc2ccccc2-n2cccn2)C1. The van der Waals surface area contributed by atoms with Gasteiger partial charge in [-0.05, 0) is 43.6 Å². The number of nitrogens with zero attached hydrogens (tertiary/aromatic N) is 4. The van der Waals surface area contributed by atoms with Crippen LogP contribution in [-0.4, -0.2) is 59.3 Å². The zero-order valence-electron chi connectivity index (χ0n) is 14.4. The summed E-state index contributed by atoms with van der Waals surface area (Å²) in [6, 6.07) is 9.84. The van der Waals surface area contributed by atoms with Gasteiger partial charge in [0.15, 0.2) is 0 Å². The van der Waals surface area contributed by atoms with Gasteiger partial charge in [-0.2, -0.15) is 5.10 Å². The van der Waals surface area contributed by atoms with Crippen molar-refractivity contribution in [2.45, 2.75) is 13.0 Å². The monoisotopic (exact) mass is 327 g/mol. The van der Waals surface area contributed by atoms with Crippen LogP contribution in [0.25, 0.3) is 5.69 Å². The standard InChI is InChI=1S/C18H25N5O/c1-21-11-8-15(13-21)14-22(2)18(24)19-12-16-6-3-4-7-17(16)23-10-5-9-20-23/h3-7,9-10,15H,8,11-14H2,1-2H3,(H,19,24). The third-order valence-corrected chi connectivity index (χ3v) is 4.54. The first kappa shape index (κ1) is 16.5. The topological polar surface area (TPSA) is 53.4 Å². The lowest BCUT2D eigenvalue weighted by molar-refractivity contribution is 0.200. The number of amides is 2. The maximum atomic E-state index is 12.4. The Labute approximate surface area is 143 Å². The van der Waals surface area contributed by atoms with Crippen molar-refractivity contribution in [2.75, 3.05) is 33.7 Å². The molecule has 2 amide bonds. The highest BCUT2D eigenvalue weighted by molar-refractivity contribution is 5.74. The molecule has 1 saturated heterocycles. The second-order valence-electron chi connectivity index (χ2n) is 6.54. The van der Waals surface area contributed by atoms with Crippen LogP contribution < -0.4 is 5.32 Å². The van der Waals surface area contributed by atoms with E-state index in [4.69, 9.17) is 0 Å². The fraction of sp³-hybridized carbons (Fsp3) is 0.444. The molecule has 0 aliphatic carbocycles. The highest BCUT2D eigenvalue weighted by Gasteiger charge is 2.22. The molecule has 1 aromatic carbocycles. The van der Waals surface area contributed by atoms with Crippen molar-refractivity contribution in [1.82, 2.24) is 24.9 Å². The van der Waals surface area contributed by atoms with Crippen LogP contribution in [0.1, 0.15) is 12.0 Å². The highest BCUT2D eigenvalue weighted by atomic mass is 16.2. The molecule has 6 nitrogen and oxygen atoms in total. The van der Waals surface area contributed by atoms with E-state index in [0.29, 0.717) is 12.5 Å². The summed E-state index contributed by atoms with van der Waals surface area (Å²) < 4.78 is 1.82. The van der Waals surface area contributed by atoms with Crippen LogP contribution in [0.3, 0.4) is 0 Å². The highest BCUT2D eigenvalue weighted by Crippen LogP contribution is 2.16. The quantitative estimate of drug-likeness (QED) is 0.913. The average molecular weight is 327 g/mol. The summed E-state index contributed by atoms with van der Waals surface area (Å²) in [5, 5.41) is 7.29. The van der Waals surface area contributed by atoms with E-state index in [0.717, 1.165) is 37.3 Å². The van der Waals surface area contributed by atoms with Gasteiger partial charge in [0.2, 0.25) is 0 Å². The van der Waals surface area contributed by atoms with E-state index in [1.165, 1.54) is 0 Å². The van der Waals surface area contributed by atoms with E-state index < -0.39 is 0 Å². The van der Waals surface area contributed by atoms with Gasteiger partial charge in [-0.3, -0.25) is 0 Å². The van der Waals surface area contributed by atoms with Crippen LogP contribution in [-0.2, 0) is 6.54 Å². The van der Waals surface area contributed by atoms with E-state index in [9.17, 15) is 4.79 Å². The molecule has 1 unspecified atom stereocenters. The van der Waals surface area contributed by atoms with Gasteiger partial charge in [0.1, 0.15) is 0 Å². The van der Waals surface area contributed by atoms with E-state index in [1.54, 1.807) is 11.1 Å². The molecule has 6 heteroatoms. The lowest BCUT2D eigenvalue weighted by Gasteiger charge is -2.22. The molecule has 1 N–H and O–H groups in total. The van der Waals surface area contributed by atoms with Gasteiger partial charge >= 0.3 is 6.03 Å².